The lowest BCUT2D eigenvalue weighted by molar-refractivity contribution is 0.171. The van der Waals surface area contributed by atoms with Gasteiger partial charge in [-0.15, -0.1) is 0 Å². The number of nitriles is 1. The van der Waals surface area contributed by atoms with Crippen LogP contribution in [0, 0.1) is 11.3 Å². The summed E-state index contributed by atoms with van der Waals surface area (Å²) in [6, 6.07) is 7.56. The van der Waals surface area contributed by atoms with E-state index in [2.05, 4.69) is 5.32 Å². The summed E-state index contributed by atoms with van der Waals surface area (Å²) in [5.74, 6) is 1.50. The number of benzene rings is 1. The molecule has 4 nitrogen and oxygen atoms in total. The van der Waals surface area contributed by atoms with Gasteiger partial charge >= 0.3 is 0 Å². The molecule has 0 saturated heterocycles. The van der Waals surface area contributed by atoms with Crippen LogP contribution in [0.5, 0.6) is 11.5 Å². The van der Waals surface area contributed by atoms with Crippen LogP contribution in [0.1, 0.15) is 0 Å². The molecule has 0 amide bonds. The maximum absolute atomic E-state index is 8.40. The van der Waals surface area contributed by atoms with Gasteiger partial charge in [-0.2, -0.15) is 5.26 Å². The Balaban J connectivity index is 2.17. The fourth-order valence-corrected chi connectivity index (χ4v) is 1.29. The number of hydrogen-bond donors (Lipinski definition) is 1. The van der Waals surface area contributed by atoms with Gasteiger partial charge in [-0.05, 0) is 12.1 Å². The van der Waals surface area contributed by atoms with Crippen LogP contribution in [0.3, 0.4) is 0 Å². The summed E-state index contributed by atoms with van der Waals surface area (Å²) in [5.41, 5.74) is 0.871. The van der Waals surface area contributed by atoms with E-state index in [1.807, 2.05) is 24.3 Å². The molecular formula is C10H10N2O2. The standard InChI is InChI=1S/C10H10N2O2/c11-3-4-12-8-1-2-9-10(7-8)14-6-5-13-9/h1-2,7,12H,4-6H2. The first-order chi connectivity index (χ1) is 6.90. The first-order valence-electron chi connectivity index (χ1n) is 4.40. The fourth-order valence-electron chi connectivity index (χ4n) is 1.29. The first-order valence-corrected chi connectivity index (χ1v) is 4.40. The lowest BCUT2D eigenvalue weighted by Gasteiger charge is -2.18. The molecule has 1 aromatic rings. The summed E-state index contributed by atoms with van der Waals surface area (Å²) in [5, 5.41) is 11.3. The Morgan fingerprint density at radius 2 is 2.07 bits per heavy atom. The highest BCUT2D eigenvalue weighted by atomic mass is 16.6. The van der Waals surface area contributed by atoms with Crippen LogP contribution in [0.2, 0.25) is 0 Å². The second-order valence-electron chi connectivity index (χ2n) is 2.87. The Bertz CT molecular complexity index is 371. The van der Waals surface area contributed by atoms with Gasteiger partial charge in [0.1, 0.15) is 19.8 Å². The third-order valence-electron chi connectivity index (χ3n) is 1.91. The lowest BCUT2D eigenvalue weighted by atomic mass is 10.2. The number of fused-ring (bicyclic) bond motifs is 1. The molecule has 0 fully saturated rings. The molecule has 0 atom stereocenters. The number of anilines is 1. The van der Waals surface area contributed by atoms with Crippen molar-refractivity contribution in [1.29, 1.82) is 5.26 Å². The number of nitrogens with zero attached hydrogens (tertiary/aromatic N) is 1. The minimum atomic E-state index is 0.291. The molecule has 14 heavy (non-hydrogen) atoms. The Morgan fingerprint density at radius 3 is 2.86 bits per heavy atom. The van der Waals surface area contributed by atoms with E-state index in [9.17, 15) is 0 Å². The van der Waals surface area contributed by atoms with Crippen molar-refractivity contribution in [1.82, 2.24) is 0 Å². The Kier molecular flexibility index (Phi) is 2.41. The summed E-state index contributed by atoms with van der Waals surface area (Å²) < 4.78 is 10.8. The van der Waals surface area contributed by atoms with Gasteiger partial charge in [0.15, 0.2) is 11.5 Å². The van der Waals surface area contributed by atoms with Crippen molar-refractivity contribution < 1.29 is 9.47 Å². The molecular weight excluding hydrogens is 180 g/mol. The zero-order valence-electron chi connectivity index (χ0n) is 7.62. The SMILES string of the molecule is N#CCNc1ccc2c(c1)OCCO2. The number of nitrogens with one attached hydrogen (secondary N) is 1. The number of hydrogen-bond acceptors (Lipinski definition) is 4. The summed E-state index contributed by atoms with van der Waals surface area (Å²) in [6.07, 6.45) is 0. The predicted octanol–water partition coefficient (Wildman–Crippen LogP) is 1.39. The van der Waals surface area contributed by atoms with Crippen LogP contribution in [0.25, 0.3) is 0 Å². The minimum absolute atomic E-state index is 0.291. The summed E-state index contributed by atoms with van der Waals surface area (Å²) >= 11 is 0. The summed E-state index contributed by atoms with van der Waals surface area (Å²) in [7, 11) is 0. The van der Waals surface area contributed by atoms with E-state index in [1.165, 1.54) is 0 Å². The van der Waals surface area contributed by atoms with Gasteiger partial charge < -0.3 is 14.8 Å². The highest BCUT2D eigenvalue weighted by molar-refractivity contribution is 5.55. The highest BCUT2D eigenvalue weighted by Gasteiger charge is 2.10. The Hall–Kier alpha value is -1.89. The summed E-state index contributed by atoms with van der Waals surface area (Å²) in [6.45, 7) is 1.46. The van der Waals surface area contributed by atoms with Crippen LogP contribution < -0.4 is 14.8 Å². The molecule has 4 heteroatoms. The van der Waals surface area contributed by atoms with Crippen LogP contribution >= 0.6 is 0 Å². The fraction of sp³-hybridized carbons (Fsp3) is 0.300. The molecule has 0 saturated carbocycles. The maximum atomic E-state index is 8.40. The molecule has 1 N–H and O–H groups in total. The molecule has 0 aromatic heterocycles. The van der Waals surface area contributed by atoms with Gasteiger partial charge in [0.05, 0.1) is 6.07 Å². The largest absolute Gasteiger partial charge is 0.486 e. The molecule has 0 bridgehead atoms. The summed E-state index contributed by atoms with van der Waals surface area (Å²) in [4.78, 5) is 0. The number of ether oxygens (including phenoxy) is 2. The molecule has 0 radical (unpaired) electrons. The van der Waals surface area contributed by atoms with Crippen LogP contribution in [-0.4, -0.2) is 19.8 Å². The van der Waals surface area contributed by atoms with Gasteiger partial charge in [-0.25, -0.2) is 0 Å². The average Bonchev–Trinajstić information content (AvgIpc) is 2.26. The maximum Gasteiger partial charge on any atom is 0.163 e. The molecule has 0 unspecified atom stereocenters. The Labute approximate surface area is 82.1 Å². The highest BCUT2D eigenvalue weighted by Crippen LogP contribution is 2.32. The smallest absolute Gasteiger partial charge is 0.163 e. The van der Waals surface area contributed by atoms with E-state index in [1.54, 1.807) is 0 Å². The van der Waals surface area contributed by atoms with Crippen LogP contribution in [0.4, 0.5) is 5.69 Å². The molecule has 2 rings (SSSR count). The van der Waals surface area contributed by atoms with Crippen LogP contribution in [-0.2, 0) is 0 Å². The van der Waals surface area contributed by atoms with E-state index in [-0.39, 0.29) is 0 Å². The van der Waals surface area contributed by atoms with E-state index in [0.29, 0.717) is 19.8 Å². The van der Waals surface area contributed by atoms with E-state index < -0.39 is 0 Å². The van der Waals surface area contributed by atoms with Gasteiger partial charge in [0.25, 0.3) is 0 Å². The Morgan fingerprint density at radius 1 is 1.29 bits per heavy atom. The zero-order chi connectivity index (χ0) is 9.80. The zero-order valence-corrected chi connectivity index (χ0v) is 7.62. The van der Waals surface area contributed by atoms with Gasteiger partial charge in [-0.3, -0.25) is 0 Å². The van der Waals surface area contributed by atoms with E-state index >= 15 is 0 Å². The van der Waals surface area contributed by atoms with Crippen molar-refractivity contribution in [3.05, 3.63) is 18.2 Å². The van der Waals surface area contributed by atoms with Crippen molar-refractivity contribution in [3.8, 4) is 17.6 Å². The quantitative estimate of drug-likeness (QED) is 0.716. The molecule has 0 spiro atoms. The van der Waals surface area contributed by atoms with Gasteiger partial charge in [-0.1, -0.05) is 0 Å². The molecule has 1 aliphatic heterocycles. The van der Waals surface area contributed by atoms with Crippen LogP contribution in [0.15, 0.2) is 18.2 Å². The molecule has 1 aromatic carbocycles. The van der Waals surface area contributed by atoms with Crippen molar-refractivity contribution >= 4 is 5.69 Å². The monoisotopic (exact) mass is 190 g/mol. The van der Waals surface area contributed by atoms with Crippen molar-refractivity contribution in [2.45, 2.75) is 0 Å². The first kappa shape index (κ1) is 8.70. The minimum Gasteiger partial charge on any atom is -0.486 e. The average molecular weight is 190 g/mol. The second-order valence-corrected chi connectivity index (χ2v) is 2.87. The third kappa shape index (κ3) is 1.72. The topological polar surface area (TPSA) is 54.3 Å². The van der Waals surface area contributed by atoms with Gasteiger partial charge in [0, 0.05) is 11.8 Å². The predicted molar refractivity (Wildman–Crippen MR) is 51.5 cm³/mol. The molecule has 1 aliphatic rings. The lowest BCUT2D eigenvalue weighted by Crippen LogP contribution is -2.15. The van der Waals surface area contributed by atoms with Crippen molar-refractivity contribution in [2.24, 2.45) is 0 Å². The molecule has 0 aliphatic carbocycles. The van der Waals surface area contributed by atoms with E-state index in [0.717, 1.165) is 17.2 Å². The normalized spacial score (nSPS) is 13.1. The van der Waals surface area contributed by atoms with Crippen molar-refractivity contribution in [2.75, 3.05) is 25.1 Å². The third-order valence-corrected chi connectivity index (χ3v) is 1.91. The molecule has 72 valence electrons. The van der Waals surface area contributed by atoms with E-state index in [4.69, 9.17) is 14.7 Å². The second kappa shape index (κ2) is 3.88. The van der Waals surface area contributed by atoms with Gasteiger partial charge in [0.2, 0.25) is 0 Å². The molecule has 1 heterocycles. The van der Waals surface area contributed by atoms with Crippen molar-refractivity contribution in [3.63, 3.8) is 0 Å². The number of rotatable bonds is 2.